The highest BCUT2D eigenvalue weighted by atomic mass is 33.1. The lowest BCUT2D eigenvalue weighted by atomic mass is 11.0. The third kappa shape index (κ3) is 3.49. The molecule has 2 N–H and O–H groups in total. The van der Waals surface area contributed by atoms with Crippen LogP contribution in [0.2, 0.25) is 0 Å². The molecule has 0 aromatic carbocycles. The largest absolute Gasteiger partial charge is 0.464 e. The topological polar surface area (TPSA) is 62.2 Å². The predicted molar refractivity (Wildman–Crippen MR) is 46.7 cm³/mol. The van der Waals surface area contributed by atoms with Crippen LogP contribution in [0.15, 0.2) is 15.9 Å². The average Bonchev–Trinajstić information content (AvgIpc) is 2.39. The number of hydrogen-bond donors (Lipinski definition) is 2. The molecule has 0 aliphatic carbocycles. The van der Waals surface area contributed by atoms with Gasteiger partial charge in [0.1, 0.15) is 0 Å². The molecule has 0 aliphatic heterocycles. The highest BCUT2D eigenvalue weighted by molar-refractivity contribution is 8.76. The number of nitrogens with zero attached hydrogens (tertiary/aromatic N) is 1. The summed E-state index contributed by atoms with van der Waals surface area (Å²) in [6.45, 7) is 0. The number of thiazole rings is 1. The zero-order valence-corrected chi connectivity index (χ0v) is 7.63. The summed E-state index contributed by atoms with van der Waals surface area (Å²) in [4.78, 5) is 13.9. The lowest BCUT2D eigenvalue weighted by Crippen LogP contribution is -2.09. The highest BCUT2D eigenvalue weighted by Crippen LogP contribution is 2.29. The Balaban J connectivity index is 2.19. The lowest BCUT2D eigenvalue weighted by Gasteiger charge is -1.93. The second kappa shape index (κ2) is 4.47. The Labute approximate surface area is 74.9 Å². The van der Waals surface area contributed by atoms with Gasteiger partial charge in [-0.3, -0.25) is 4.72 Å². The molecule has 0 saturated carbocycles. The van der Waals surface area contributed by atoms with Crippen LogP contribution in [0.25, 0.3) is 0 Å². The van der Waals surface area contributed by atoms with E-state index in [0.717, 1.165) is 15.3 Å². The summed E-state index contributed by atoms with van der Waals surface area (Å²) in [5, 5.41) is 10.0. The van der Waals surface area contributed by atoms with Crippen molar-refractivity contribution in [2.24, 2.45) is 0 Å². The summed E-state index contributed by atoms with van der Waals surface area (Å²) < 4.78 is 2.98. The van der Waals surface area contributed by atoms with E-state index >= 15 is 0 Å². The number of hydrogen-bond acceptors (Lipinski definition) is 5. The average molecular weight is 208 g/mol. The maximum Gasteiger partial charge on any atom is 0.415 e. The monoisotopic (exact) mass is 208 g/mol. The van der Waals surface area contributed by atoms with Crippen LogP contribution in [0.5, 0.6) is 0 Å². The van der Waals surface area contributed by atoms with E-state index in [4.69, 9.17) is 5.11 Å². The molecule has 1 aromatic rings. The van der Waals surface area contributed by atoms with Crippen molar-refractivity contribution >= 4 is 39.2 Å². The first kappa shape index (κ1) is 8.69. The third-order valence-electron chi connectivity index (χ3n) is 0.652. The maximum atomic E-state index is 9.97. The van der Waals surface area contributed by atoms with Crippen molar-refractivity contribution < 1.29 is 9.90 Å². The smallest absolute Gasteiger partial charge is 0.415 e. The van der Waals surface area contributed by atoms with Crippen LogP contribution in [-0.4, -0.2) is 16.2 Å². The van der Waals surface area contributed by atoms with Crippen molar-refractivity contribution in [2.45, 2.75) is 4.34 Å². The van der Waals surface area contributed by atoms with Crippen molar-refractivity contribution in [3.05, 3.63) is 11.6 Å². The van der Waals surface area contributed by atoms with Gasteiger partial charge in [-0.25, -0.2) is 9.78 Å². The van der Waals surface area contributed by atoms with Gasteiger partial charge in [-0.15, -0.1) is 11.3 Å². The van der Waals surface area contributed by atoms with Crippen LogP contribution in [0, 0.1) is 0 Å². The summed E-state index contributed by atoms with van der Waals surface area (Å²) in [5.74, 6) is 0. The van der Waals surface area contributed by atoms with Gasteiger partial charge in [-0.2, -0.15) is 0 Å². The molecule has 4 nitrogen and oxygen atoms in total. The number of carboxylic acid groups (broad SMARTS) is 1. The summed E-state index contributed by atoms with van der Waals surface area (Å²) in [6.07, 6.45) is 0.632. The molecular formula is C4H4N2O2S3. The molecule has 11 heavy (non-hydrogen) atoms. The predicted octanol–water partition coefficient (Wildman–Crippen LogP) is 2.07. The standard InChI is InChI=1S/C4H4N2O2S3/c7-3(8)6-11-10-4-5-1-2-9-4/h1-2,6H,(H,7,8). The molecule has 0 atom stereocenters. The Morgan fingerprint density at radius 1 is 1.82 bits per heavy atom. The molecule has 0 radical (unpaired) electrons. The lowest BCUT2D eigenvalue weighted by molar-refractivity contribution is 0.202. The minimum absolute atomic E-state index is 0.837. The molecule has 0 fully saturated rings. The van der Waals surface area contributed by atoms with Gasteiger partial charge in [0.15, 0.2) is 4.34 Å². The molecule has 1 rings (SSSR count). The van der Waals surface area contributed by atoms with E-state index in [1.807, 2.05) is 5.38 Å². The van der Waals surface area contributed by atoms with Crippen LogP contribution in [0.4, 0.5) is 4.79 Å². The van der Waals surface area contributed by atoms with E-state index in [2.05, 4.69) is 9.71 Å². The Bertz CT molecular complexity index is 225. The second-order valence-corrected chi connectivity index (χ2v) is 4.45. The molecule has 7 heteroatoms. The minimum Gasteiger partial charge on any atom is -0.464 e. The molecule has 0 saturated heterocycles. The SMILES string of the molecule is O=C(O)NSSc1nccs1. The Kier molecular flexibility index (Phi) is 3.53. The molecule has 0 unspecified atom stereocenters. The minimum atomic E-state index is -1.04. The van der Waals surface area contributed by atoms with Crippen molar-refractivity contribution in [1.82, 2.24) is 9.71 Å². The number of nitrogens with one attached hydrogen (secondary N) is 1. The fourth-order valence-electron chi connectivity index (χ4n) is 0.344. The van der Waals surface area contributed by atoms with Crippen LogP contribution < -0.4 is 4.72 Å². The number of rotatable bonds is 3. The molecule has 1 amide bonds. The maximum absolute atomic E-state index is 9.97. The quantitative estimate of drug-likeness (QED) is 0.588. The van der Waals surface area contributed by atoms with E-state index in [1.165, 1.54) is 22.1 Å². The molecular weight excluding hydrogens is 204 g/mol. The zero-order valence-electron chi connectivity index (χ0n) is 5.18. The van der Waals surface area contributed by atoms with Crippen LogP contribution in [0.3, 0.4) is 0 Å². The Hall–Kier alpha value is -0.400. The van der Waals surface area contributed by atoms with Crippen LogP contribution in [-0.2, 0) is 0 Å². The Morgan fingerprint density at radius 2 is 2.64 bits per heavy atom. The first-order chi connectivity index (χ1) is 5.29. The van der Waals surface area contributed by atoms with Gasteiger partial charge in [0.25, 0.3) is 0 Å². The highest BCUT2D eigenvalue weighted by Gasteiger charge is 1.98. The number of amides is 1. The van der Waals surface area contributed by atoms with Crippen LogP contribution in [0.1, 0.15) is 0 Å². The van der Waals surface area contributed by atoms with Gasteiger partial charge < -0.3 is 5.11 Å². The van der Waals surface area contributed by atoms with E-state index < -0.39 is 6.09 Å². The van der Waals surface area contributed by atoms with Crippen molar-refractivity contribution in [3.8, 4) is 0 Å². The van der Waals surface area contributed by atoms with Gasteiger partial charge in [0.05, 0.1) is 0 Å². The van der Waals surface area contributed by atoms with E-state index in [9.17, 15) is 4.79 Å². The van der Waals surface area contributed by atoms with Crippen molar-refractivity contribution in [3.63, 3.8) is 0 Å². The van der Waals surface area contributed by atoms with E-state index in [1.54, 1.807) is 6.20 Å². The Morgan fingerprint density at radius 3 is 3.18 bits per heavy atom. The van der Waals surface area contributed by atoms with Crippen molar-refractivity contribution in [2.75, 3.05) is 0 Å². The summed E-state index contributed by atoms with van der Waals surface area (Å²) in [5.41, 5.74) is 0. The van der Waals surface area contributed by atoms with Gasteiger partial charge in [0.2, 0.25) is 0 Å². The fourth-order valence-corrected chi connectivity index (χ4v) is 2.66. The number of aromatic nitrogens is 1. The van der Waals surface area contributed by atoms with Gasteiger partial charge in [-0.1, -0.05) is 0 Å². The molecule has 60 valence electrons. The zero-order chi connectivity index (χ0) is 8.10. The van der Waals surface area contributed by atoms with Crippen LogP contribution >= 0.6 is 33.1 Å². The van der Waals surface area contributed by atoms with E-state index in [-0.39, 0.29) is 0 Å². The first-order valence-electron chi connectivity index (χ1n) is 2.51. The van der Waals surface area contributed by atoms with Gasteiger partial charge in [-0.05, 0) is 10.8 Å². The fraction of sp³-hybridized carbons (Fsp3) is 0. The molecule has 0 bridgehead atoms. The van der Waals surface area contributed by atoms with E-state index in [0.29, 0.717) is 0 Å². The normalized spacial score (nSPS) is 9.45. The molecule has 1 aromatic heterocycles. The molecule has 0 aliphatic rings. The second-order valence-electron chi connectivity index (χ2n) is 1.37. The number of carbonyl (C=O) groups is 1. The van der Waals surface area contributed by atoms with Gasteiger partial charge in [0, 0.05) is 22.6 Å². The third-order valence-corrected chi connectivity index (χ3v) is 3.63. The summed E-state index contributed by atoms with van der Waals surface area (Å²) in [6, 6.07) is 0. The van der Waals surface area contributed by atoms with Gasteiger partial charge >= 0.3 is 6.09 Å². The molecule has 1 heterocycles. The summed E-state index contributed by atoms with van der Waals surface area (Å²) in [7, 11) is 2.32. The van der Waals surface area contributed by atoms with Crippen molar-refractivity contribution in [1.29, 1.82) is 0 Å². The first-order valence-corrected chi connectivity index (χ1v) is 5.54. The molecule has 0 spiro atoms. The summed E-state index contributed by atoms with van der Waals surface area (Å²) >= 11 is 1.47.